The lowest BCUT2D eigenvalue weighted by molar-refractivity contribution is -0.149. The monoisotopic (exact) mass is 375 g/mol. The van der Waals surface area contributed by atoms with Crippen LogP contribution < -0.4 is 0 Å². The Hall–Kier alpha value is -1.47. The minimum absolute atomic E-state index is 0.414. The minimum atomic E-state index is -0.899. The molecule has 0 aliphatic carbocycles. The molecule has 0 spiro atoms. The standard InChI is InChI=1S/C21H33N3O3/c1-15-10-16(2)18(11-17(15)12-23-8-6-22(3)7-9-23)13-24-5-4-20(25)19(14-24)21(26)27/h10-11,19-20,25H,4-9,12-14H2,1-3H3,(H,26,27)/t19-,20-/m1/s1. The van der Waals surface area contributed by atoms with Gasteiger partial charge in [-0.25, -0.2) is 0 Å². The van der Waals surface area contributed by atoms with Crippen molar-refractivity contribution in [2.45, 2.75) is 39.5 Å². The summed E-state index contributed by atoms with van der Waals surface area (Å²) in [6, 6.07) is 4.57. The third-order valence-electron chi connectivity index (χ3n) is 6.16. The average molecular weight is 376 g/mol. The van der Waals surface area contributed by atoms with Gasteiger partial charge in [-0.15, -0.1) is 0 Å². The highest BCUT2D eigenvalue weighted by atomic mass is 16.4. The van der Waals surface area contributed by atoms with E-state index < -0.39 is 18.0 Å². The molecule has 2 heterocycles. The number of carboxylic acid groups (broad SMARTS) is 1. The number of piperazine rings is 1. The van der Waals surface area contributed by atoms with Crippen LogP contribution in [-0.2, 0) is 17.9 Å². The molecule has 1 aromatic rings. The first-order valence-electron chi connectivity index (χ1n) is 9.96. The summed E-state index contributed by atoms with van der Waals surface area (Å²) in [5.41, 5.74) is 5.22. The molecular formula is C21H33N3O3. The molecule has 0 radical (unpaired) electrons. The zero-order valence-electron chi connectivity index (χ0n) is 16.8. The van der Waals surface area contributed by atoms with Crippen LogP contribution in [0.3, 0.4) is 0 Å². The van der Waals surface area contributed by atoms with E-state index in [9.17, 15) is 15.0 Å². The van der Waals surface area contributed by atoms with E-state index in [-0.39, 0.29) is 0 Å². The fraction of sp³-hybridized carbons (Fsp3) is 0.667. The van der Waals surface area contributed by atoms with Crippen LogP contribution in [0.25, 0.3) is 0 Å². The number of aliphatic hydroxyl groups excluding tert-OH is 1. The van der Waals surface area contributed by atoms with Gasteiger partial charge in [0.25, 0.3) is 0 Å². The Morgan fingerprint density at radius 1 is 1.00 bits per heavy atom. The van der Waals surface area contributed by atoms with Gasteiger partial charge in [-0.2, -0.15) is 0 Å². The van der Waals surface area contributed by atoms with Crippen molar-refractivity contribution in [3.05, 3.63) is 34.4 Å². The molecule has 1 aromatic carbocycles. The Morgan fingerprint density at radius 3 is 2.19 bits per heavy atom. The van der Waals surface area contributed by atoms with Crippen molar-refractivity contribution < 1.29 is 15.0 Å². The summed E-state index contributed by atoms with van der Waals surface area (Å²) in [6.07, 6.45) is -0.207. The van der Waals surface area contributed by atoms with Gasteiger partial charge in [0, 0.05) is 52.4 Å². The minimum Gasteiger partial charge on any atom is -0.481 e. The van der Waals surface area contributed by atoms with Crippen molar-refractivity contribution in [3.8, 4) is 0 Å². The average Bonchev–Trinajstić information content (AvgIpc) is 2.62. The Morgan fingerprint density at radius 2 is 1.59 bits per heavy atom. The number of nitrogens with zero attached hydrogens (tertiary/aromatic N) is 3. The number of hydrogen-bond donors (Lipinski definition) is 2. The first kappa shape index (κ1) is 20.3. The molecule has 6 heteroatoms. The molecule has 0 saturated carbocycles. The highest BCUT2D eigenvalue weighted by Gasteiger charge is 2.33. The molecule has 150 valence electrons. The maximum atomic E-state index is 11.4. The molecule has 0 aromatic heterocycles. The molecule has 2 atom stereocenters. The predicted octanol–water partition coefficient (Wildman–Crippen LogP) is 1.32. The highest BCUT2D eigenvalue weighted by Crippen LogP contribution is 2.23. The summed E-state index contributed by atoms with van der Waals surface area (Å²) in [4.78, 5) is 18.4. The number of aryl methyl sites for hydroxylation is 2. The Kier molecular flexibility index (Phi) is 6.52. The SMILES string of the molecule is Cc1cc(C)c(CN2CC[C@@H](O)[C@H](C(=O)O)C2)cc1CN1CCN(C)CC1. The number of piperidine rings is 1. The number of aliphatic hydroxyl groups is 1. The zero-order chi connectivity index (χ0) is 19.6. The van der Waals surface area contributed by atoms with Gasteiger partial charge in [0.1, 0.15) is 0 Å². The van der Waals surface area contributed by atoms with Crippen LogP contribution >= 0.6 is 0 Å². The third-order valence-corrected chi connectivity index (χ3v) is 6.16. The van der Waals surface area contributed by atoms with Gasteiger partial charge in [0.05, 0.1) is 12.0 Å². The van der Waals surface area contributed by atoms with Gasteiger partial charge in [-0.3, -0.25) is 14.6 Å². The topological polar surface area (TPSA) is 67.2 Å². The third kappa shape index (κ3) is 5.08. The number of carbonyl (C=O) groups is 1. The summed E-state index contributed by atoms with van der Waals surface area (Å²) in [5.74, 6) is -1.59. The number of benzene rings is 1. The molecule has 0 unspecified atom stereocenters. The Bertz CT molecular complexity index is 671. The summed E-state index contributed by atoms with van der Waals surface area (Å²) < 4.78 is 0. The van der Waals surface area contributed by atoms with E-state index in [0.717, 1.165) is 45.8 Å². The van der Waals surface area contributed by atoms with Gasteiger partial charge in [-0.1, -0.05) is 12.1 Å². The van der Waals surface area contributed by atoms with Crippen LogP contribution in [0, 0.1) is 19.8 Å². The van der Waals surface area contributed by atoms with E-state index in [1.165, 1.54) is 22.3 Å². The Labute approximate surface area is 162 Å². The van der Waals surface area contributed by atoms with Crippen LogP contribution in [-0.4, -0.2) is 83.3 Å². The quantitative estimate of drug-likeness (QED) is 0.809. The van der Waals surface area contributed by atoms with Crippen LogP contribution in [0.5, 0.6) is 0 Å². The van der Waals surface area contributed by atoms with Crippen molar-refractivity contribution in [1.29, 1.82) is 0 Å². The van der Waals surface area contributed by atoms with Crippen LogP contribution in [0.15, 0.2) is 12.1 Å². The van der Waals surface area contributed by atoms with Crippen molar-refractivity contribution in [2.75, 3.05) is 46.3 Å². The molecule has 2 fully saturated rings. The first-order chi connectivity index (χ1) is 12.8. The molecule has 2 aliphatic heterocycles. The number of likely N-dealkylation sites (N-methyl/N-ethyl adjacent to an activating group) is 1. The number of aliphatic carboxylic acids is 1. The number of carboxylic acids is 1. The molecule has 0 bridgehead atoms. The smallest absolute Gasteiger partial charge is 0.310 e. The Balaban J connectivity index is 1.69. The maximum absolute atomic E-state index is 11.4. The maximum Gasteiger partial charge on any atom is 0.310 e. The lowest BCUT2D eigenvalue weighted by atomic mass is 9.93. The summed E-state index contributed by atoms with van der Waals surface area (Å²) in [5, 5.41) is 19.3. The van der Waals surface area contributed by atoms with E-state index in [4.69, 9.17) is 0 Å². The second-order valence-corrected chi connectivity index (χ2v) is 8.32. The van der Waals surface area contributed by atoms with Gasteiger partial charge in [-0.05, 0) is 49.6 Å². The van der Waals surface area contributed by atoms with Crippen molar-refractivity contribution in [3.63, 3.8) is 0 Å². The van der Waals surface area contributed by atoms with Crippen LogP contribution in [0.2, 0.25) is 0 Å². The lowest BCUT2D eigenvalue weighted by Gasteiger charge is -2.35. The molecule has 2 N–H and O–H groups in total. The second-order valence-electron chi connectivity index (χ2n) is 8.32. The normalized spacial score (nSPS) is 25.6. The van der Waals surface area contributed by atoms with Gasteiger partial charge in [0.15, 0.2) is 0 Å². The van der Waals surface area contributed by atoms with E-state index in [2.05, 4.69) is 47.7 Å². The summed E-state index contributed by atoms with van der Waals surface area (Å²) in [7, 11) is 2.17. The van der Waals surface area contributed by atoms with Crippen LogP contribution in [0.4, 0.5) is 0 Å². The molecule has 2 aliphatic rings. The second kappa shape index (κ2) is 8.69. The van der Waals surface area contributed by atoms with Crippen LogP contribution in [0.1, 0.15) is 28.7 Å². The van der Waals surface area contributed by atoms with E-state index >= 15 is 0 Å². The fourth-order valence-corrected chi connectivity index (χ4v) is 4.17. The van der Waals surface area contributed by atoms with Crippen molar-refractivity contribution in [2.24, 2.45) is 5.92 Å². The molecule has 6 nitrogen and oxygen atoms in total. The van der Waals surface area contributed by atoms with Crippen molar-refractivity contribution >= 4 is 5.97 Å². The van der Waals surface area contributed by atoms with E-state index in [1.54, 1.807) is 0 Å². The van der Waals surface area contributed by atoms with E-state index in [1.807, 2.05) is 0 Å². The molecule has 2 saturated heterocycles. The summed E-state index contributed by atoms with van der Waals surface area (Å²) >= 11 is 0. The number of likely N-dealkylation sites (tertiary alicyclic amines) is 1. The van der Waals surface area contributed by atoms with Gasteiger partial charge in [0.2, 0.25) is 0 Å². The lowest BCUT2D eigenvalue weighted by Crippen LogP contribution is -2.46. The molecular weight excluding hydrogens is 342 g/mol. The molecule has 27 heavy (non-hydrogen) atoms. The molecule has 0 amide bonds. The largest absolute Gasteiger partial charge is 0.481 e. The zero-order valence-corrected chi connectivity index (χ0v) is 16.8. The van der Waals surface area contributed by atoms with Crippen molar-refractivity contribution in [1.82, 2.24) is 14.7 Å². The summed E-state index contributed by atoms with van der Waals surface area (Å²) in [6.45, 7) is 11.6. The number of rotatable bonds is 5. The molecule has 3 rings (SSSR count). The van der Waals surface area contributed by atoms with E-state index in [0.29, 0.717) is 13.0 Å². The highest BCUT2D eigenvalue weighted by molar-refractivity contribution is 5.71. The van der Waals surface area contributed by atoms with Gasteiger partial charge >= 0.3 is 5.97 Å². The first-order valence-corrected chi connectivity index (χ1v) is 9.96. The van der Waals surface area contributed by atoms with Gasteiger partial charge < -0.3 is 15.1 Å². The predicted molar refractivity (Wildman–Crippen MR) is 106 cm³/mol. The fourth-order valence-electron chi connectivity index (χ4n) is 4.17. The number of hydrogen-bond acceptors (Lipinski definition) is 5.